The smallest absolute Gasteiger partial charge is 0.220 e. The van der Waals surface area contributed by atoms with Crippen LogP contribution < -0.4 is 5.32 Å². The number of nitrogens with one attached hydrogen (secondary N) is 1. The second-order valence-corrected chi connectivity index (χ2v) is 22.5. The summed E-state index contributed by atoms with van der Waals surface area (Å²) in [5, 5.41) is 120. The number of rotatable bonds is 46. The van der Waals surface area contributed by atoms with Crippen LogP contribution in [0.1, 0.15) is 200 Å². The van der Waals surface area contributed by atoms with Gasteiger partial charge in [-0.1, -0.05) is 197 Å². The van der Waals surface area contributed by atoms with E-state index in [-0.39, 0.29) is 18.9 Å². The van der Waals surface area contributed by atoms with Crippen molar-refractivity contribution in [3.63, 3.8) is 0 Å². The summed E-state index contributed by atoms with van der Waals surface area (Å²) < 4.78 is 34.1. The third kappa shape index (κ3) is 28.8. The fourth-order valence-corrected chi connectivity index (χ4v) is 10.4. The van der Waals surface area contributed by atoms with Gasteiger partial charge in [-0.25, -0.2) is 0 Å². The molecule has 3 saturated heterocycles. The Kier molecular flexibility index (Phi) is 41.2. The number of hydrogen-bond donors (Lipinski definition) is 12. The number of carbonyl (C=O) groups is 1. The van der Waals surface area contributed by atoms with Crippen molar-refractivity contribution < 1.29 is 89.4 Å². The highest BCUT2D eigenvalue weighted by molar-refractivity contribution is 5.76. The summed E-state index contributed by atoms with van der Waals surface area (Å²) in [5.74, 6) is -0.282. The van der Waals surface area contributed by atoms with Crippen LogP contribution >= 0.6 is 0 Å². The van der Waals surface area contributed by atoms with Crippen LogP contribution in [-0.2, 0) is 33.2 Å². The molecule has 17 atom stereocenters. The van der Waals surface area contributed by atoms with Crippen molar-refractivity contribution in [2.75, 3.05) is 26.4 Å². The zero-order chi connectivity index (χ0) is 59.7. The van der Waals surface area contributed by atoms with Crippen molar-refractivity contribution in [1.29, 1.82) is 0 Å². The molecule has 1 amide bonds. The number of unbranched alkanes of at least 4 members (excludes halogenated alkanes) is 22. The van der Waals surface area contributed by atoms with Crippen LogP contribution in [-0.4, -0.2) is 193 Å². The van der Waals surface area contributed by atoms with Crippen LogP contribution in [0.5, 0.6) is 0 Å². The lowest BCUT2D eigenvalue weighted by atomic mass is 9.96. The lowest BCUT2D eigenvalue weighted by Crippen LogP contribution is -2.66. The second-order valence-electron chi connectivity index (χ2n) is 22.5. The summed E-state index contributed by atoms with van der Waals surface area (Å²) in [6.45, 7) is 1.50. The van der Waals surface area contributed by atoms with E-state index in [2.05, 4.69) is 67.8 Å². The normalized spacial score (nSPS) is 30.0. The Morgan fingerprint density at radius 3 is 1.32 bits per heavy atom. The van der Waals surface area contributed by atoms with E-state index >= 15 is 0 Å². The first-order valence-electron chi connectivity index (χ1n) is 31.5. The van der Waals surface area contributed by atoms with E-state index in [1.165, 1.54) is 96.3 Å². The molecule has 19 nitrogen and oxygen atoms in total. The Morgan fingerprint density at radius 2 is 0.841 bits per heavy atom. The molecule has 17 unspecified atom stereocenters. The molecule has 0 radical (unpaired) electrons. The molecule has 0 saturated carbocycles. The molecule has 3 aliphatic heterocycles. The average molecular weight is 1170 g/mol. The third-order valence-corrected chi connectivity index (χ3v) is 15.6. The molecule has 3 fully saturated rings. The Morgan fingerprint density at radius 1 is 0.451 bits per heavy atom. The number of ether oxygens (including phenoxy) is 6. The van der Waals surface area contributed by atoms with E-state index in [0.29, 0.717) is 6.42 Å². The summed E-state index contributed by atoms with van der Waals surface area (Å²) in [7, 11) is 0. The van der Waals surface area contributed by atoms with E-state index in [4.69, 9.17) is 28.4 Å². The quantitative estimate of drug-likeness (QED) is 0.0231. The van der Waals surface area contributed by atoms with Gasteiger partial charge in [0.2, 0.25) is 5.91 Å². The van der Waals surface area contributed by atoms with Gasteiger partial charge < -0.3 is 89.9 Å². The zero-order valence-electron chi connectivity index (χ0n) is 49.7. The van der Waals surface area contributed by atoms with E-state index in [1.54, 1.807) is 6.08 Å². The standard InChI is InChI=1S/C63H111NO18/c1-3-5-7-9-11-12-13-14-15-16-17-18-19-20-21-22-23-24-25-26-27-28-29-30-31-32-33-34-35-37-39-41-51(69)64-46(47(68)40-38-36-10-8-6-4-2)45-77-61-57(75)54(72)59(49(43-66)79-61)82-63-58(76)55(73)60(50(44-67)80-63)81-62-56(74)53(71)52(70)48(42-65)78-62/h5,7,11-12,14-15,17-18,38,40,46-50,52-63,65-68,70-76H,3-4,6,8-10,13,16,19-37,39,41-45H2,1-2H3,(H,64,69)/b7-5-,12-11-,15-14-,18-17-,40-38+. The number of allylic oxidation sites excluding steroid dienone is 9. The van der Waals surface area contributed by atoms with Crippen LogP contribution in [0.3, 0.4) is 0 Å². The van der Waals surface area contributed by atoms with E-state index in [9.17, 15) is 61.0 Å². The molecule has 0 aliphatic carbocycles. The van der Waals surface area contributed by atoms with Gasteiger partial charge in [-0.3, -0.25) is 4.79 Å². The van der Waals surface area contributed by atoms with Gasteiger partial charge in [-0.05, 0) is 57.8 Å². The van der Waals surface area contributed by atoms with Crippen molar-refractivity contribution in [3.8, 4) is 0 Å². The fraction of sp³-hybridized carbons (Fsp3) is 0.825. The van der Waals surface area contributed by atoms with Gasteiger partial charge in [0.05, 0.1) is 38.6 Å². The van der Waals surface area contributed by atoms with Gasteiger partial charge in [-0.15, -0.1) is 0 Å². The van der Waals surface area contributed by atoms with Crippen LogP contribution in [0.15, 0.2) is 60.8 Å². The Hall–Kier alpha value is -2.51. The molecule has 0 bridgehead atoms. The minimum absolute atomic E-state index is 0.242. The summed E-state index contributed by atoms with van der Waals surface area (Å²) in [6.07, 6.45) is 27.1. The van der Waals surface area contributed by atoms with E-state index < -0.39 is 124 Å². The molecule has 476 valence electrons. The molecule has 3 heterocycles. The highest BCUT2D eigenvalue weighted by atomic mass is 16.8. The molecule has 3 aliphatic rings. The number of aliphatic hydroxyl groups is 11. The van der Waals surface area contributed by atoms with Gasteiger partial charge in [0.1, 0.15) is 73.2 Å². The lowest BCUT2D eigenvalue weighted by molar-refractivity contribution is -0.379. The SMILES string of the molecule is CC/C=C\C/C=C\C/C=C\C/C=C\CCCCCCCCCCCCCCCCCCCCC(=O)NC(COC1OC(CO)C(OC2OC(CO)C(OC3OC(CO)C(O)C(O)C3O)C(O)C2O)C(O)C1O)C(O)/C=C/CCCCCC. The predicted molar refractivity (Wildman–Crippen MR) is 314 cm³/mol. The van der Waals surface area contributed by atoms with Crippen molar-refractivity contribution in [2.24, 2.45) is 0 Å². The maximum absolute atomic E-state index is 13.2. The minimum atomic E-state index is -1.98. The Labute approximate surface area is 490 Å². The fourth-order valence-electron chi connectivity index (χ4n) is 10.4. The Bertz CT molecular complexity index is 1730. The van der Waals surface area contributed by atoms with Gasteiger partial charge in [-0.2, -0.15) is 0 Å². The summed E-state index contributed by atoms with van der Waals surface area (Å²) in [5.41, 5.74) is 0. The highest BCUT2D eigenvalue weighted by Gasteiger charge is 2.53. The van der Waals surface area contributed by atoms with Crippen molar-refractivity contribution in [3.05, 3.63) is 60.8 Å². The summed E-state index contributed by atoms with van der Waals surface area (Å²) >= 11 is 0. The number of carbonyl (C=O) groups excluding carboxylic acids is 1. The average Bonchev–Trinajstić information content (AvgIpc) is 3.60. The van der Waals surface area contributed by atoms with Crippen LogP contribution in [0, 0.1) is 0 Å². The molecular weight excluding hydrogens is 1060 g/mol. The monoisotopic (exact) mass is 1170 g/mol. The van der Waals surface area contributed by atoms with Gasteiger partial charge in [0.15, 0.2) is 18.9 Å². The van der Waals surface area contributed by atoms with E-state index in [1.807, 2.05) is 6.08 Å². The highest BCUT2D eigenvalue weighted by Crippen LogP contribution is 2.33. The first-order chi connectivity index (χ1) is 39.8. The van der Waals surface area contributed by atoms with Gasteiger partial charge in [0, 0.05) is 6.42 Å². The largest absolute Gasteiger partial charge is 0.394 e. The molecule has 19 heteroatoms. The second kappa shape index (κ2) is 45.8. The first-order valence-corrected chi connectivity index (χ1v) is 31.5. The molecule has 0 spiro atoms. The molecule has 3 rings (SSSR count). The molecule has 82 heavy (non-hydrogen) atoms. The number of hydrogen-bond acceptors (Lipinski definition) is 18. The predicted octanol–water partition coefficient (Wildman–Crippen LogP) is 6.43. The van der Waals surface area contributed by atoms with Crippen LogP contribution in [0.25, 0.3) is 0 Å². The van der Waals surface area contributed by atoms with Crippen molar-refractivity contribution in [1.82, 2.24) is 5.32 Å². The third-order valence-electron chi connectivity index (χ3n) is 15.6. The van der Waals surface area contributed by atoms with E-state index in [0.717, 1.165) is 77.0 Å². The molecule has 0 aromatic carbocycles. The summed E-state index contributed by atoms with van der Waals surface area (Å²) in [6, 6.07) is -0.970. The van der Waals surface area contributed by atoms with Gasteiger partial charge in [0.25, 0.3) is 0 Å². The summed E-state index contributed by atoms with van der Waals surface area (Å²) in [4.78, 5) is 13.2. The maximum atomic E-state index is 13.2. The molecule has 0 aromatic heterocycles. The number of aliphatic hydroxyl groups excluding tert-OH is 11. The Balaban J connectivity index is 1.32. The van der Waals surface area contributed by atoms with Gasteiger partial charge >= 0.3 is 0 Å². The molecular formula is C63H111NO18. The van der Waals surface area contributed by atoms with Crippen molar-refractivity contribution in [2.45, 2.75) is 304 Å². The zero-order valence-corrected chi connectivity index (χ0v) is 49.7. The van der Waals surface area contributed by atoms with Crippen LogP contribution in [0.2, 0.25) is 0 Å². The molecule has 12 N–H and O–H groups in total. The topological polar surface area (TPSA) is 307 Å². The first kappa shape index (κ1) is 73.7. The lowest BCUT2D eigenvalue weighted by Gasteiger charge is -2.48. The minimum Gasteiger partial charge on any atom is -0.394 e. The number of amides is 1. The molecule has 0 aromatic rings. The van der Waals surface area contributed by atoms with Crippen molar-refractivity contribution >= 4 is 5.91 Å². The van der Waals surface area contributed by atoms with Crippen LogP contribution in [0.4, 0.5) is 0 Å². The maximum Gasteiger partial charge on any atom is 0.220 e.